The summed E-state index contributed by atoms with van der Waals surface area (Å²) in [5, 5.41) is 13.4. The van der Waals surface area contributed by atoms with Crippen LogP contribution in [0.5, 0.6) is 11.5 Å². The molecule has 0 aliphatic heterocycles. The van der Waals surface area contributed by atoms with Crippen LogP contribution in [0.15, 0.2) is 85.2 Å². The lowest BCUT2D eigenvalue weighted by atomic mass is 9.94. The zero-order chi connectivity index (χ0) is 27.6. The molecule has 0 bridgehead atoms. The van der Waals surface area contributed by atoms with E-state index in [4.69, 9.17) is 4.74 Å². The number of rotatable bonds is 10. The van der Waals surface area contributed by atoms with Gasteiger partial charge >= 0.3 is 0 Å². The van der Waals surface area contributed by atoms with Gasteiger partial charge in [0.1, 0.15) is 17.5 Å². The number of pyridine rings is 1. The Bertz CT molecular complexity index is 1300. The number of ether oxygens (including phenoxy) is 1. The molecular weight excluding hydrogens is 494 g/mol. The molecule has 1 aromatic heterocycles. The fourth-order valence-electron chi connectivity index (χ4n) is 4.80. The second-order valence-corrected chi connectivity index (χ2v) is 9.56. The van der Waals surface area contributed by atoms with Crippen molar-refractivity contribution < 1.29 is 24.2 Å². The Hall–Kier alpha value is -4.46. The van der Waals surface area contributed by atoms with Crippen molar-refractivity contribution in [3.8, 4) is 11.5 Å². The molecule has 8 heteroatoms. The Morgan fingerprint density at radius 2 is 1.74 bits per heavy atom. The summed E-state index contributed by atoms with van der Waals surface area (Å²) in [7, 11) is 1.46. The van der Waals surface area contributed by atoms with E-state index >= 15 is 0 Å². The molecule has 1 aliphatic rings. The highest BCUT2D eigenvalue weighted by atomic mass is 16.5. The van der Waals surface area contributed by atoms with Crippen LogP contribution >= 0.6 is 0 Å². The third kappa shape index (κ3) is 7.31. The van der Waals surface area contributed by atoms with Crippen LogP contribution < -0.4 is 10.1 Å². The molecule has 2 N–H and O–H groups in total. The van der Waals surface area contributed by atoms with E-state index < -0.39 is 17.7 Å². The summed E-state index contributed by atoms with van der Waals surface area (Å²) >= 11 is 0. The first kappa shape index (κ1) is 27.6. The van der Waals surface area contributed by atoms with Gasteiger partial charge in [-0.25, -0.2) is 0 Å². The number of hydrogen-bond acceptors (Lipinski definition) is 6. The second kappa shape index (κ2) is 13.4. The van der Waals surface area contributed by atoms with Crippen molar-refractivity contribution in [2.45, 2.75) is 50.7 Å². The highest BCUT2D eigenvalue weighted by molar-refractivity contribution is 6.09. The van der Waals surface area contributed by atoms with Crippen LogP contribution in [0.2, 0.25) is 0 Å². The predicted octanol–water partition coefficient (Wildman–Crippen LogP) is 4.75. The van der Waals surface area contributed by atoms with Crippen molar-refractivity contribution in [3.63, 3.8) is 0 Å². The molecule has 39 heavy (non-hydrogen) atoms. The highest BCUT2D eigenvalue weighted by Gasteiger charge is 2.32. The first-order valence-electron chi connectivity index (χ1n) is 13.1. The summed E-state index contributed by atoms with van der Waals surface area (Å²) < 4.78 is 5.07. The Balaban J connectivity index is 1.65. The van der Waals surface area contributed by atoms with Gasteiger partial charge in [-0.1, -0.05) is 49.6 Å². The van der Waals surface area contributed by atoms with Crippen molar-refractivity contribution in [2.24, 2.45) is 0 Å². The van der Waals surface area contributed by atoms with Gasteiger partial charge < -0.3 is 20.1 Å². The summed E-state index contributed by atoms with van der Waals surface area (Å²) in [6, 6.07) is 16.3. The number of nitrogens with one attached hydrogen (secondary N) is 1. The van der Waals surface area contributed by atoms with E-state index in [1.54, 1.807) is 30.6 Å². The van der Waals surface area contributed by atoms with Crippen molar-refractivity contribution >= 4 is 17.6 Å². The molecule has 1 saturated carbocycles. The fourth-order valence-corrected chi connectivity index (χ4v) is 4.80. The number of carbonyl (C=O) groups is 3. The SMILES string of the molecule is COc1ccc(C(=O)/C=C/C(=O)N(Cc2ccccc2)[C@@H](C(=O)NC2CCCCC2)c2ccncc2)c(O)c1. The quantitative estimate of drug-likeness (QED) is 0.291. The van der Waals surface area contributed by atoms with Gasteiger partial charge in [0.2, 0.25) is 11.8 Å². The normalized spacial score (nSPS) is 14.5. The van der Waals surface area contributed by atoms with Crippen LogP contribution in [0.3, 0.4) is 0 Å². The molecule has 1 aliphatic carbocycles. The van der Waals surface area contributed by atoms with Crippen molar-refractivity contribution in [1.82, 2.24) is 15.2 Å². The van der Waals surface area contributed by atoms with Gasteiger partial charge in [-0.2, -0.15) is 0 Å². The molecule has 8 nitrogen and oxygen atoms in total. The number of methoxy groups -OCH3 is 1. The molecule has 0 spiro atoms. The Morgan fingerprint density at radius 3 is 2.41 bits per heavy atom. The lowest BCUT2D eigenvalue weighted by molar-refractivity contribution is -0.138. The van der Waals surface area contributed by atoms with E-state index in [1.807, 2.05) is 30.3 Å². The summed E-state index contributed by atoms with van der Waals surface area (Å²) in [6.45, 7) is 0.150. The summed E-state index contributed by atoms with van der Waals surface area (Å²) in [5.74, 6) is -1.18. The maximum absolute atomic E-state index is 13.8. The lowest BCUT2D eigenvalue weighted by Gasteiger charge is -2.33. The number of aromatic nitrogens is 1. The number of nitrogens with zero attached hydrogens (tertiary/aromatic N) is 2. The van der Waals surface area contributed by atoms with Crippen LogP contribution in [0, 0.1) is 0 Å². The van der Waals surface area contributed by atoms with Gasteiger partial charge in [-0.15, -0.1) is 0 Å². The van der Waals surface area contributed by atoms with E-state index in [9.17, 15) is 19.5 Å². The van der Waals surface area contributed by atoms with E-state index in [-0.39, 0.29) is 29.8 Å². The Labute approximate surface area is 228 Å². The molecule has 202 valence electrons. The number of benzene rings is 2. The smallest absolute Gasteiger partial charge is 0.247 e. The molecule has 0 radical (unpaired) electrons. The zero-order valence-corrected chi connectivity index (χ0v) is 22.0. The number of amides is 2. The number of phenolic OH excluding ortho intramolecular Hbond substituents is 1. The first-order chi connectivity index (χ1) is 19.0. The Kier molecular flexibility index (Phi) is 9.45. The minimum absolute atomic E-state index is 0.0372. The molecule has 1 atom stereocenters. The molecule has 1 heterocycles. The number of allylic oxidation sites excluding steroid dienone is 1. The van der Waals surface area contributed by atoms with Crippen LogP contribution in [-0.2, 0) is 16.1 Å². The topological polar surface area (TPSA) is 109 Å². The third-order valence-electron chi connectivity index (χ3n) is 6.86. The molecule has 0 unspecified atom stereocenters. The van der Waals surface area contributed by atoms with E-state index in [0.29, 0.717) is 11.3 Å². The minimum Gasteiger partial charge on any atom is -0.507 e. The number of ketones is 1. The highest BCUT2D eigenvalue weighted by Crippen LogP contribution is 2.27. The van der Waals surface area contributed by atoms with E-state index in [2.05, 4.69) is 10.3 Å². The molecule has 1 fully saturated rings. The van der Waals surface area contributed by atoms with Crippen LogP contribution in [0.25, 0.3) is 0 Å². The maximum atomic E-state index is 13.8. The summed E-state index contributed by atoms with van der Waals surface area (Å²) in [6.07, 6.45) is 10.5. The van der Waals surface area contributed by atoms with Gasteiger partial charge in [0, 0.05) is 37.1 Å². The number of phenols is 1. The Morgan fingerprint density at radius 1 is 1.03 bits per heavy atom. The van der Waals surface area contributed by atoms with E-state index in [0.717, 1.165) is 49.8 Å². The van der Waals surface area contributed by atoms with Gasteiger partial charge in [0.15, 0.2) is 5.78 Å². The van der Waals surface area contributed by atoms with Crippen molar-refractivity contribution in [1.29, 1.82) is 0 Å². The van der Waals surface area contributed by atoms with Gasteiger partial charge in [0.05, 0.1) is 12.7 Å². The number of aromatic hydroxyl groups is 1. The van der Waals surface area contributed by atoms with Crippen molar-refractivity contribution in [3.05, 3.63) is 102 Å². The van der Waals surface area contributed by atoms with Crippen LogP contribution in [0.1, 0.15) is 59.6 Å². The standard InChI is InChI=1S/C31H33N3O5/c1-39-25-12-13-26(28(36)20-25)27(35)14-15-29(37)34(21-22-8-4-2-5-9-22)30(23-16-18-32-19-17-23)31(38)33-24-10-6-3-7-11-24/h2,4-5,8-9,12-20,24,30,36H,3,6-7,10-11,21H2,1H3,(H,33,38)/b15-14+/t30-/m1/s1. The second-order valence-electron chi connectivity index (χ2n) is 9.56. The van der Waals surface area contributed by atoms with E-state index in [1.165, 1.54) is 24.1 Å². The molecule has 3 aromatic rings. The number of hydrogen-bond donors (Lipinski definition) is 2. The van der Waals surface area contributed by atoms with Gasteiger partial charge in [-0.3, -0.25) is 19.4 Å². The number of carbonyl (C=O) groups excluding carboxylic acids is 3. The van der Waals surface area contributed by atoms with Crippen LogP contribution in [0.4, 0.5) is 0 Å². The largest absolute Gasteiger partial charge is 0.507 e. The fraction of sp³-hybridized carbons (Fsp3) is 0.290. The molecule has 2 amide bonds. The first-order valence-corrected chi connectivity index (χ1v) is 13.1. The molecular formula is C31H33N3O5. The van der Waals surface area contributed by atoms with Gasteiger partial charge in [-0.05, 0) is 54.3 Å². The predicted molar refractivity (Wildman–Crippen MR) is 147 cm³/mol. The molecule has 2 aromatic carbocycles. The van der Waals surface area contributed by atoms with Crippen LogP contribution in [-0.4, -0.2) is 45.7 Å². The summed E-state index contributed by atoms with van der Waals surface area (Å²) in [5.41, 5.74) is 1.49. The lowest BCUT2D eigenvalue weighted by Crippen LogP contribution is -2.46. The maximum Gasteiger partial charge on any atom is 0.247 e. The average Bonchev–Trinajstić information content (AvgIpc) is 2.97. The molecule has 0 saturated heterocycles. The van der Waals surface area contributed by atoms with Gasteiger partial charge in [0.25, 0.3) is 0 Å². The monoisotopic (exact) mass is 527 g/mol. The minimum atomic E-state index is -0.934. The third-order valence-corrected chi connectivity index (χ3v) is 6.86. The average molecular weight is 528 g/mol. The summed E-state index contributed by atoms with van der Waals surface area (Å²) in [4.78, 5) is 45.8. The van der Waals surface area contributed by atoms with Crippen molar-refractivity contribution in [2.75, 3.05) is 7.11 Å². The molecule has 4 rings (SSSR count). The zero-order valence-electron chi connectivity index (χ0n) is 22.0.